The number of hydrogen-bond donors (Lipinski definition) is 1. The molecule has 0 radical (unpaired) electrons. The van der Waals surface area contributed by atoms with E-state index in [9.17, 15) is 8.42 Å². The van der Waals surface area contributed by atoms with Crippen molar-refractivity contribution in [1.29, 1.82) is 0 Å². The van der Waals surface area contributed by atoms with Gasteiger partial charge in [-0.1, -0.05) is 0 Å². The number of rotatable bonds is 6. The lowest BCUT2D eigenvalue weighted by atomic mass is 10.2. The molecule has 1 atom stereocenters. The summed E-state index contributed by atoms with van der Waals surface area (Å²) in [6.07, 6.45) is 1.90. The van der Waals surface area contributed by atoms with Crippen LogP contribution in [0.5, 0.6) is 0 Å². The third-order valence-electron chi connectivity index (χ3n) is 3.80. The molecule has 1 unspecified atom stereocenters. The molecule has 0 saturated carbocycles. The topological polar surface area (TPSA) is 52.7 Å². The molecule has 7 heteroatoms. The predicted molar refractivity (Wildman–Crippen MR) is 87.3 cm³/mol. The number of thiophene rings is 1. The lowest BCUT2D eigenvalue weighted by Crippen LogP contribution is -2.40. The Bertz CT molecular complexity index is 581. The molecular formula is C14H25N3O2S2. The maximum atomic E-state index is 12.9. The largest absolute Gasteiger partial charge is 0.315 e. The van der Waals surface area contributed by atoms with Crippen molar-refractivity contribution >= 4 is 21.4 Å². The summed E-state index contributed by atoms with van der Waals surface area (Å²) in [6.45, 7) is 4.11. The normalized spacial score (nSPS) is 20.5. The number of likely N-dealkylation sites (N-methyl/N-ethyl adjacent to an activating group) is 1. The molecule has 5 nitrogen and oxygen atoms in total. The van der Waals surface area contributed by atoms with Gasteiger partial charge in [-0.25, -0.2) is 8.42 Å². The van der Waals surface area contributed by atoms with Gasteiger partial charge in [0.2, 0.25) is 0 Å². The summed E-state index contributed by atoms with van der Waals surface area (Å²) in [4.78, 5) is 3.16. The third kappa shape index (κ3) is 3.65. The van der Waals surface area contributed by atoms with E-state index in [0.717, 1.165) is 29.8 Å². The zero-order chi connectivity index (χ0) is 15.6. The van der Waals surface area contributed by atoms with E-state index in [-0.39, 0.29) is 6.04 Å². The van der Waals surface area contributed by atoms with Crippen LogP contribution >= 0.6 is 11.3 Å². The Kier molecular flexibility index (Phi) is 5.43. The molecule has 120 valence electrons. The van der Waals surface area contributed by atoms with Gasteiger partial charge in [-0.3, -0.25) is 0 Å². The summed E-state index contributed by atoms with van der Waals surface area (Å²) in [5, 5.41) is 3.09. The van der Waals surface area contributed by atoms with Gasteiger partial charge in [0.1, 0.15) is 4.21 Å². The van der Waals surface area contributed by atoms with Crippen LogP contribution < -0.4 is 5.32 Å². The van der Waals surface area contributed by atoms with Crippen LogP contribution in [0.15, 0.2) is 10.3 Å². The minimum absolute atomic E-state index is 0.0974. The van der Waals surface area contributed by atoms with Gasteiger partial charge < -0.3 is 10.2 Å². The van der Waals surface area contributed by atoms with E-state index in [0.29, 0.717) is 17.3 Å². The number of hydrogen-bond acceptors (Lipinski definition) is 5. The lowest BCUT2D eigenvalue weighted by Gasteiger charge is -2.25. The second kappa shape index (κ2) is 6.75. The van der Waals surface area contributed by atoms with E-state index in [2.05, 4.69) is 10.2 Å². The average Bonchev–Trinajstić information content (AvgIpc) is 2.97. The van der Waals surface area contributed by atoms with Crippen molar-refractivity contribution in [2.75, 3.05) is 34.2 Å². The van der Waals surface area contributed by atoms with Gasteiger partial charge in [0.15, 0.2) is 0 Å². The maximum absolute atomic E-state index is 12.9. The van der Waals surface area contributed by atoms with Crippen LogP contribution in [0.2, 0.25) is 0 Å². The van der Waals surface area contributed by atoms with E-state index in [1.807, 2.05) is 34.1 Å². The minimum Gasteiger partial charge on any atom is -0.315 e. The van der Waals surface area contributed by atoms with Crippen molar-refractivity contribution in [2.24, 2.45) is 0 Å². The van der Waals surface area contributed by atoms with E-state index in [1.54, 1.807) is 4.31 Å². The van der Waals surface area contributed by atoms with Crippen LogP contribution in [0.3, 0.4) is 0 Å². The second-order valence-corrected chi connectivity index (χ2v) is 9.13. The maximum Gasteiger partial charge on any atom is 0.252 e. The molecule has 0 aromatic carbocycles. The zero-order valence-corrected chi connectivity index (χ0v) is 14.9. The Morgan fingerprint density at radius 3 is 2.81 bits per heavy atom. The van der Waals surface area contributed by atoms with Crippen molar-refractivity contribution in [1.82, 2.24) is 14.5 Å². The first-order valence-electron chi connectivity index (χ1n) is 7.26. The Hall–Kier alpha value is -0.470. The van der Waals surface area contributed by atoms with Crippen molar-refractivity contribution in [2.45, 2.75) is 36.6 Å². The number of nitrogens with one attached hydrogen (secondary N) is 1. The van der Waals surface area contributed by atoms with Gasteiger partial charge in [0.25, 0.3) is 10.0 Å². The smallest absolute Gasteiger partial charge is 0.252 e. The van der Waals surface area contributed by atoms with Crippen molar-refractivity contribution in [3.63, 3.8) is 0 Å². The molecule has 0 aliphatic carbocycles. The van der Waals surface area contributed by atoms with Gasteiger partial charge in [-0.15, -0.1) is 11.3 Å². The second-order valence-electron chi connectivity index (χ2n) is 5.88. The summed E-state index contributed by atoms with van der Waals surface area (Å²) in [7, 11) is 2.50. The molecule has 1 aromatic heterocycles. The molecular weight excluding hydrogens is 306 g/mol. The molecule has 21 heavy (non-hydrogen) atoms. The lowest BCUT2D eigenvalue weighted by molar-refractivity contribution is 0.291. The highest BCUT2D eigenvalue weighted by atomic mass is 32.2. The standard InChI is InChI=1S/C14H25N3O2S2/c1-11-8-14(20-13(11)9-15-2)21(18,19)17-7-5-6-12(17)10-16(3)4/h8,12,15H,5-7,9-10H2,1-4H3. The SMILES string of the molecule is CNCc1sc(S(=O)(=O)N2CCCC2CN(C)C)cc1C. The molecule has 1 fully saturated rings. The number of nitrogens with zero attached hydrogens (tertiary/aromatic N) is 2. The molecule has 2 heterocycles. The van der Waals surface area contributed by atoms with Crippen molar-refractivity contribution < 1.29 is 8.42 Å². The highest BCUT2D eigenvalue weighted by molar-refractivity contribution is 7.91. The summed E-state index contributed by atoms with van der Waals surface area (Å²) in [6, 6.07) is 1.91. The van der Waals surface area contributed by atoms with Crippen LogP contribution in [0.1, 0.15) is 23.3 Å². The third-order valence-corrected chi connectivity index (χ3v) is 7.44. The Labute approximate surface area is 132 Å². The molecule has 1 N–H and O–H groups in total. The van der Waals surface area contributed by atoms with Crippen LogP contribution in [0, 0.1) is 6.92 Å². The van der Waals surface area contributed by atoms with Gasteiger partial charge in [0.05, 0.1) is 0 Å². The average molecular weight is 332 g/mol. The minimum atomic E-state index is -3.36. The molecule has 2 rings (SSSR count). The quantitative estimate of drug-likeness (QED) is 0.858. The van der Waals surface area contributed by atoms with Crippen LogP contribution in [-0.2, 0) is 16.6 Å². The van der Waals surface area contributed by atoms with Crippen LogP contribution in [0.25, 0.3) is 0 Å². The van der Waals surface area contributed by atoms with Crippen LogP contribution in [0.4, 0.5) is 0 Å². The molecule has 0 spiro atoms. The summed E-state index contributed by atoms with van der Waals surface area (Å²) in [5.74, 6) is 0. The monoisotopic (exact) mass is 331 g/mol. The molecule has 0 amide bonds. The van der Waals surface area contributed by atoms with Crippen molar-refractivity contribution in [3.05, 3.63) is 16.5 Å². The number of aryl methyl sites for hydroxylation is 1. The molecule has 0 bridgehead atoms. The Balaban J connectivity index is 2.26. The van der Waals surface area contributed by atoms with Gasteiger partial charge in [0, 0.05) is 30.6 Å². The van der Waals surface area contributed by atoms with E-state index in [4.69, 9.17) is 0 Å². The molecule has 1 saturated heterocycles. The Morgan fingerprint density at radius 2 is 2.19 bits per heavy atom. The molecule has 1 aliphatic heterocycles. The Morgan fingerprint density at radius 1 is 1.48 bits per heavy atom. The highest BCUT2D eigenvalue weighted by Gasteiger charge is 2.36. The van der Waals surface area contributed by atoms with E-state index < -0.39 is 10.0 Å². The van der Waals surface area contributed by atoms with Crippen molar-refractivity contribution in [3.8, 4) is 0 Å². The summed E-state index contributed by atoms with van der Waals surface area (Å²) >= 11 is 1.39. The molecule has 1 aromatic rings. The fourth-order valence-electron chi connectivity index (χ4n) is 2.80. The molecule has 1 aliphatic rings. The highest BCUT2D eigenvalue weighted by Crippen LogP contribution is 2.32. The first kappa shape index (κ1) is 16.9. The summed E-state index contributed by atoms with van der Waals surface area (Å²) < 4.78 is 28.0. The van der Waals surface area contributed by atoms with E-state index in [1.165, 1.54) is 11.3 Å². The number of sulfonamides is 1. The van der Waals surface area contributed by atoms with Gasteiger partial charge in [-0.05, 0) is 52.5 Å². The first-order valence-corrected chi connectivity index (χ1v) is 9.52. The first-order chi connectivity index (χ1) is 9.86. The fourth-order valence-corrected chi connectivity index (χ4v) is 6.21. The van der Waals surface area contributed by atoms with Crippen LogP contribution in [-0.4, -0.2) is 57.9 Å². The van der Waals surface area contributed by atoms with Gasteiger partial charge in [-0.2, -0.15) is 4.31 Å². The predicted octanol–water partition coefficient (Wildman–Crippen LogP) is 1.49. The summed E-state index contributed by atoms with van der Waals surface area (Å²) in [5.41, 5.74) is 1.05. The fraction of sp³-hybridized carbons (Fsp3) is 0.714. The van der Waals surface area contributed by atoms with E-state index >= 15 is 0 Å². The zero-order valence-electron chi connectivity index (χ0n) is 13.2. The van der Waals surface area contributed by atoms with Gasteiger partial charge >= 0.3 is 0 Å².